The van der Waals surface area contributed by atoms with Gasteiger partial charge < -0.3 is 10.2 Å². The number of carbonyl (C=O) groups excluding carboxylic acids is 2. The van der Waals surface area contributed by atoms with Crippen molar-refractivity contribution in [2.75, 3.05) is 6.54 Å². The molecule has 4 nitrogen and oxygen atoms in total. The van der Waals surface area contributed by atoms with Crippen LogP contribution >= 0.6 is 0 Å². The number of carbonyl (C=O) groups is 2. The Morgan fingerprint density at radius 1 is 1.17 bits per heavy atom. The van der Waals surface area contributed by atoms with Crippen molar-refractivity contribution in [3.63, 3.8) is 0 Å². The average Bonchev–Trinajstić information content (AvgIpc) is 3.27. The maximum atomic E-state index is 12.8. The van der Waals surface area contributed by atoms with Crippen LogP contribution in [-0.4, -0.2) is 29.3 Å². The van der Waals surface area contributed by atoms with Crippen molar-refractivity contribution >= 4 is 11.8 Å². The number of hydrogen-bond donors (Lipinski definition) is 1. The molecule has 1 N–H and O–H groups in total. The molecule has 4 heteroatoms. The predicted octanol–water partition coefficient (Wildman–Crippen LogP) is 3.22. The lowest BCUT2D eigenvalue weighted by molar-refractivity contribution is -0.134. The van der Waals surface area contributed by atoms with Gasteiger partial charge in [-0.2, -0.15) is 0 Å². The lowest BCUT2D eigenvalue weighted by Crippen LogP contribution is -2.40. The van der Waals surface area contributed by atoms with Crippen molar-refractivity contribution in [3.8, 4) is 0 Å². The van der Waals surface area contributed by atoms with Crippen LogP contribution in [0.1, 0.15) is 63.6 Å². The molecule has 1 aromatic rings. The zero-order chi connectivity index (χ0) is 17.3. The number of nitrogens with one attached hydrogen (secondary N) is 1. The van der Waals surface area contributed by atoms with Gasteiger partial charge in [-0.1, -0.05) is 45.0 Å². The predicted molar refractivity (Wildman–Crippen MR) is 94.5 cm³/mol. The second-order valence-electron chi connectivity index (χ2n) is 8.04. The molecule has 3 rings (SSSR count). The third-order valence-corrected chi connectivity index (χ3v) is 4.97. The second-order valence-corrected chi connectivity index (χ2v) is 8.04. The fourth-order valence-electron chi connectivity index (χ4n) is 3.49. The summed E-state index contributed by atoms with van der Waals surface area (Å²) in [6, 6.07) is 9.10. The van der Waals surface area contributed by atoms with Gasteiger partial charge in [0.2, 0.25) is 11.8 Å². The quantitative estimate of drug-likeness (QED) is 0.902. The minimum absolute atomic E-state index is 0.000478. The average molecular weight is 328 g/mol. The first kappa shape index (κ1) is 17.0. The van der Waals surface area contributed by atoms with E-state index >= 15 is 0 Å². The number of hydrogen-bond acceptors (Lipinski definition) is 2. The van der Waals surface area contributed by atoms with Crippen LogP contribution in [0.5, 0.6) is 0 Å². The second kappa shape index (κ2) is 6.58. The van der Waals surface area contributed by atoms with Gasteiger partial charge in [0.15, 0.2) is 0 Å². The van der Waals surface area contributed by atoms with E-state index in [9.17, 15) is 9.59 Å². The molecule has 0 spiro atoms. The zero-order valence-corrected chi connectivity index (χ0v) is 15.0. The normalized spacial score (nSPS) is 19.7. The fraction of sp³-hybridized carbons (Fsp3) is 0.600. The van der Waals surface area contributed by atoms with Crippen molar-refractivity contribution < 1.29 is 9.59 Å². The van der Waals surface area contributed by atoms with Crippen LogP contribution in [0.3, 0.4) is 0 Å². The number of amides is 2. The summed E-state index contributed by atoms with van der Waals surface area (Å²) in [4.78, 5) is 26.9. The molecule has 1 atom stereocenters. The Balaban J connectivity index is 1.63. The van der Waals surface area contributed by atoms with Gasteiger partial charge in [0.05, 0.1) is 6.04 Å². The molecule has 2 amide bonds. The van der Waals surface area contributed by atoms with Crippen molar-refractivity contribution in [2.45, 2.75) is 65.0 Å². The fourth-order valence-corrected chi connectivity index (χ4v) is 3.49. The van der Waals surface area contributed by atoms with Gasteiger partial charge in [-0.25, -0.2) is 0 Å². The van der Waals surface area contributed by atoms with Gasteiger partial charge in [-0.3, -0.25) is 9.59 Å². The molecule has 0 bridgehead atoms. The zero-order valence-electron chi connectivity index (χ0n) is 15.0. The summed E-state index contributed by atoms with van der Waals surface area (Å²) < 4.78 is 0. The Kier molecular flexibility index (Phi) is 4.66. The van der Waals surface area contributed by atoms with Gasteiger partial charge in [-0.15, -0.1) is 0 Å². The van der Waals surface area contributed by atoms with Gasteiger partial charge in [0.1, 0.15) is 0 Å². The van der Waals surface area contributed by atoms with E-state index in [4.69, 9.17) is 0 Å². The summed E-state index contributed by atoms with van der Waals surface area (Å²) >= 11 is 0. The Hall–Kier alpha value is -1.84. The summed E-state index contributed by atoms with van der Waals surface area (Å²) in [5, 5.41) is 2.89. The van der Waals surface area contributed by atoms with Crippen LogP contribution in [0.15, 0.2) is 24.3 Å². The minimum Gasteiger partial charge on any atom is -0.355 e. The smallest absolute Gasteiger partial charge is 0.225 e. The molecule has 130 valence electrons. The molecule has 0 saturated heterocycles. The molecule has 0 radical (unpaired) electrons. The van der Waals surface area contributed by atoms with Crippen molar-refractivity contribution in [3.05, 3.63) is 35.4 Å². The van der Waals surface area contributed by atoms with Crippen LogP contribution in [0, 0.1) is 5.41 Å². The standard InChI is InChI=1S/C20H28N2O2/c1-20(2,3)19(24)21-13-12-18(23)22(15-9-10-15)17-11-8-14-6-4-5-7-16(14)17/h4-7,15,17H,8-13H2,1-3H3,(H,21,24)/t17-/m1/s1. The molecule has 0 heterocycles. The van der Waals surface area contributed by atoms with Crippen LogP contribution in [-0.2, 0) is 16.0 Å². The van der Waals surface area contributed by atoms with Gasteiger partial charge in [0, 0.05) is 24.4 Å². The first-order valence-electron chi connectivity index (χ1n) is 9.05. The molecule has 2 aliphatic carbocycles. The maximum Gasteiger partial charge on any atom is 0.225 e. The van der Waals surface area contributed by atoms with Crippen LogP contribution in [0.2, 0.25) is 0 Å². The van der Waals surface area contributed by atoms with E-state index in [2.05, 4.69) is 34.5 Å². The number of aryl methyl sites for hydroxylation is 1. The molecule has 1 saturated carbocycles. The third-order valence-electron chi connectivity index (χ3n) is 4.97. The Bertz CT molecular complexity index is 629. The van der Waals surface area contributed by atoms with E-state index in [1.165, 1.54) is 11.1 Å². The Morgan fingerprint density at radius 3 is 2.54 bits per heavy atom. The highest BCUT2D eigenvalue weighted by molar-refractivity contribution is 5.82. The number of fused-ring (bicyclic) bond motifs is 1. The molecule has 0 aliphatic heterocycles. The van der Waals surface area contributed by atoms with Crippen molar-refractivity contribution in [2.24, 2.45) is 5.41 Å². The number of benzene rings is 1. The summed E-state index contributed by atoms with van der Waals surface area (Å²) in [6.45, 7) is 6.08. The highest BCUT2D eigenvalue weighted by Gasteiger charge is 2.39. The van der Waals surface area contributed by atoms with Crippen molar-refractivity contribution in [1.29, 1.82) is 0 Å². The monoisotopic (exact) mass is 328 g/mol. The van der Waals surface area contributed by atoms with Crippen LogP contribution < -0.4 is 5.32 Å². The highest BCUT2D eigenvalue weighted by Crippen LogP contribution is 2.42. The van der Waals surface area contributed by atoms with E-state index < -0.39 is 5.41 Å². The van der Waals surface area contributed by atoms with Crippen LogP contribution in [0.4, 0.5) is 0 Å². The molecule has 1 aromatic carbocycles. The third kappa shape index (κ3) is 3.63. The largest absolute Gasteiger partial charge is 0.355 e. The summed E-state index contributed by atoms with van der Waals surface area (Å²) in [5.74, 6) is 0.174. The molecular formula is C20H28N2O2. The van der Waals surface area contributed by atoms with E-state index in [1.54, 1.807) is 0 Å². The summed E-state index contributed by atoms with van der Waals surface area (Å²) in [5.41, 5.74) is 2.28. The minimum atomic E-state index is -0.413. The van der Waals surface area contributed by atoms with Crippen LogP contribution in [0.25, 0.3) is 0 Å². The van der Waals surface area contributed by atoms with Crippen molar-refractivity contribution in [1.82, 2.24) is 10.2 Å². The maximum absolute atomic E-state index is 12.8. The number of rotatable bonds is 5. The van der Waals surface area contributed by atoms with E-state index in [1.807, 2.05) is 20.8 Å². The molecule has 2 aliphatic rings. The van der Waals surface area contributed by atoms with E-state index in [0.717, 1.165) is 25.7 Å². The lowest BCUT2D eigenvalue weighted by Gasteiger charge is -2.30. The Labute approximate surface area is 144 Å². The summed E-state index contributed by atoms with van der Waals surface area (Å²) in [6.07, 6.45) is 4.68. The first-order valence-corrected chi connectivity index (χ1v) is 9.05. The highest BCUT2D eigenvalue weighted by atomic mass is 16.2. The van der Waals surface area contributed by atoms with Gasteiger partial charge >= 0.3 is 0 Å². The molecule has 24 heavy (non-hydrogen) atoms. The van der Waals surface area contributed by atoms with Gasteiger partial charge in [0.25, 0.3) is 0 Å². The molecular weight excluding hydrogens is 300 g/mol. The lowest BCUT2D eigenvalue weighted by atomic mass is 9.96. The molecule has 1 fully saturated rings. The molecule has 0 aromatic heterocycles. The topological polar surface area (TPSA) is 49.4 Å². The molecule has 0 unspecified atom stereocenters. The van der Waals surface area contributed by atoms with E-state index in [0.29, 0.717) is 19.0 Å². The van der Waals surface area contributed by atoms with E-state index in [-0.39, 0.29) is 17.9 Å². The SMILES string of the molecule is CC(C)(C)C(=O)NCCC(=O)N(C1CC1)[C@@H]1CCc2ccccc21. The van der Waals surface area contributed by atoms with Gasteiger partial charge in [-0.05, 0) is 36.8 Å². The number of nitrogens with zero attached hydrogens (tertiary/aromatic N) is 1. The Morgan fingerprint density at radius 2 is 1.88 bits per heavy atom. The summed E-state index contributed by atoms with van der Waals surface area (Å²) in [7, 11) is 0. The first-order chi connectivity index (χ1) is 11.4.